The first-order chi connectivity index (χ1) is 8.68. The molecule has 0 spiro atoms. The van der Waals surface area contributed by atoms with E-state index in [1.54, 1.807) is 0 Å². The molecule has 0 atom stereocenters. The summed E-state index contributed by atoms with van der Waals surface area (Å²) in [4.78, 5) is 12.5. The molecule has 0 heterocycles. The van der Waals surface area contributed by atoms with Crippen LogP contribution in [0.15, 0.2) is 54.6 Å². The largest absolute Gasteiger partial charge is 0.289 e. The molecule has 2 heteroatoms. The first kappa shape index (κ1) is 12.9. The number of rotatable bonds is 4. The molecular formula is C16H17OS+. The van der Waals surface area contributed by atoms with Crippen LogP contribution in [0.5, 0.6) is 0 Å². The van der Waals surface area contributed by atoms with Gasteiger partial charge in [-0.1, -0.05) is 54.6 Å². The zero-order chi connectivity index (χ0) is 13.0. The Hall–Kier alpha value is -1.54. The van der Waals surface area contributed by atoms with E-state index in [9.17, 15) is 4.79 Å². The molecule has 2 aromatic carbocycles. The van der Waals surface area contributed by atoms with Crippen LogP contribution in [0, 0.1) is 0 Å². The number of hydrogen-bond acceptors (Lipinski definition) is 1. The van der Waals surface area contributed by atoms with Crippen molar-refractivity contribution in [3.63, 3.8) is 0 Å². The fourth-order valence-electron chi connectivity index (χ4n) is 1.92. The quantitative estimate of drug-likeness (QED) is 0.607. The molecular weight excluding hydrogens is 240 g/mol. The third kappa shape index (κ3) is 3.02. The molecule has 2 rings (SSSR count). The lowest BCUT2D eigenvalue weighted by atomic mass is 9.99. The molecule has 0 fully saturated rings. The zero-order valence-corrected chi connectivity index (χ0v) is 11.5. The van der Waals surface area contributed by atoms with E-state index in [4.69, 9.17) is 0 Å². The highest BCUT2D eigenvalue weighted by Gasteiger charge is 2.16. The van der Waals surface area contributed by atoms with E-state index in [1.807, 2.05) is 48.5 Å². The van der Waals surface area contributed by atoms with E-state index in [-0.39, 0.29) is 5.78 Å². The minimum atomic E-state index is 0.122. The van der Waals surface area contributed by atoms with Gasteiger partial charge in [0.15, 0.2) is 5.78 Å². The monoisotopic (exact) mass is 257 g/mol. The number of ketones is 1. The highest BCUT2D eigenvalue weighted by molar-refractivity contribution is 7.94. The summed E-state index contributed by atoms with van der Waals surface area (Å²) in [5.74, 6) is 1.09. The van der Waals surface area contributed by atoms with Gasteiger partial charge in [0.1, 0.15) is 5.75 Å². The average molecular weight is 257 g/mol. The fourth-order valence-corrected chi connectivity index (χ4v) is 2.80. The second kappa shape index (κ2) is 5.87. The molecule has 0 aliphatic carbocycles. The maximum Gasteiger partial charge on any atom is 0.193 e. The number of carbonyl (C=O) groups is 1. The van der Waals surface area contributed by atoms with Crippen LogP contribution in [0.2, 0.25) is 0 Å². The van der Waals surface area contributed by atoms with Crippen LogP contribution in [0.1, 0.15) is 21.5 Å². The van der Waals surface area contributed by atoms with Crippen molar-refractivity contribution in [3.05, 3.63) is 71.3 Å². The van der Waals surface area contributed by atoms with E-state index < -0.39 is 0 Å². The van der Waals surface area contributed by atoms with Crippen molar-refractivity contribution in [2.45, 2.75) is 5.75 Å². The van der Waals surface area contributed by atoms with Gasteiger partial charge in [-0.25, -0.2) is 0 Å². The second-order valence-corrected chi connectivity index (χ2v) is 6.74. The van der Waals surface area contributed by atoms with Gasteiger partial charge in [0.05, 0.1) is 12.5 Å². The molecule has 18 heavy (non-hydrogen) atoms. The van der Waals surface area contributed by atoms with Crippen LogP contribution in [-0.2, 0) is 16.6 Å². The lowest BCUT2D eigenvalue weighted by Crippen LogP contribution is -2.08. The number of benzene rings is 2. The summed E-state index contributed by atoms with van der Waals surface area (Å²) >= 11 is 0. The first-order valence-corrected chi connectivity index (χ1v) is 8.11. The van der Waals surface area contributed by atoms with Crippen LogP contribution in [0.4, 0.5) is 0 Å². The summed E-state index contributed by atoms with van der Waals surface area (Å²) in [7, 11) is 0.298. The molecule has 0 amide bonds. The molecule has 0 N–H and O–H groups in total. The van der Waals surface area contributed by atoms with Crippen LogP contribution in [0.3, 0.4) is 0 Å². The predicted molar refractivity (Wildman–Crippen MR) is 79.2 cm³/mol. The third-order valence-corrected chi connectivity index (χ3v) is 3.63. The van der Waals surface area contributed by atoms with E-state index in [1.165, 1.54) is 0 Å². The van der Waals surface area contributed by atoms with Crippen molar-refractivity contribution >= 4 is 16.7 Å². The second-order valence-electron chi connectivity index (χ2n) is 4.48. The smallest absolute Gasteiger partial charge is 0.193 e. The van der Waals surface area contributed by atoms with Gasteiger partial charge < -0.3 is 0 Å². The predicted octanol–water partition coefficient (Wildman–Crippen LogP) is 3.30. The molecule has 0 saturated carbocycles. The van der Waals surface area contributed by atoms with Crippen molar-refractivity contribution in [1.82, 2.24) is 0 Å². The van der Waals surface area contributed by atoms with Crippen molar-refractivity contribution in [2.75, 3.05) is 12.5 Å². The maximum absolute atomic E-state index is 12.5. The summed E-state index contributed by atoms with van der Waals surface area (Å²) in [5.41, 5.74) is 2.75. The highest BCUT2D eigenvalue weighted by Crippen LogP contribution is 2.16. The Morgan fingerprint density at radius 1 is 0.944 bits per heavy atom. The third-order valence-electron chi connectivity index (χ3n) is 2.74. The molecule has 0 aromatic heterocycles. The minimum Gasteiger partial charge on any atom is -0.289 e. The highest BCUT2D eigenvalue weighted by atomic mass is 32.2. The summed E-state index contributed by atoms with van der Waals surface area (Å²) in [6.45, 7) is 0. The molecule has 0 radical (unpaired) electrons. The Labute approximate surface area is 111 Å². The van der Waals surface area contributed by atoms with Crippen molar-refractivity contribution in [1.29, 1.82) is 0 Å². The van der Waals surface area contributed by atoms with Crippen LogP contribution < -0.4 is 0 Å². The van der Waals surface area contributed by atoms with E-state index >= 15 is 0 Å². The van der Waals surface area contributed by atoms with Gasteiger partial charge in [0.2, 0.25) is 0 Å². The summed E-state index contributed by atoms with van der Waals surface area (Å²) < 4.78 is 0. The van der Waals surface area contributed by atoms with Crippen LogP contribution >= 0.6 is 0 Å². The average Bonchev–Trinajstić information content (AvgIpc) is 2.39. The van der Waals surface area contributed by atoms with E-state index in [0.29, 0.717) is 10.9 Å². The molecule has 0 aliphatic heterocycles. The van der Waals surface area contributed by atoms with Gasteiger partial charge in [0.25, 0.3) is 0 Å². The van der Waals surface area contributed by atoms with Gasteiger partial charge in [-0.05, 0) is 10.9 Å². The molecule has 92 valence electrons. The van der Waals surface area contributed by atoms with Crippen molar-refractivity contribution in [2.24, 2.45) is 0 Å². The van der Waals surface area contributed by atoms with Crippen LogP contribution in [-0.4, -0.2) is 18.3 Å². The summed E-state index contributed by atoms with van der Waals surface area (Å²) in [6, 6.07) is 17.4. The Bertz CT molecular complexity index is 532. The lowest BCUT2D eigenvalue weighted by Gasteiger charge is -2.07. The number of carbonyl (C=O) groups excluding carboxylic acids is 1. The Kier molecular flexibility index (Phi) is 4.21. The van der Waals surface area contributed by atoms with Gasteiger partial charge >= 0.3 is 0 Å². The van der Waals surface area contributed by atoms with Crippen LogP contribution in [0.25, 0.3) is 0 Å². The Morgan fingerprint density at radius 2 is 1.56 bits per heavy atom. The molecule has 0 bridgehead atoms. The topological polar surface area (TPSA) is 17.1 Å². The van der Waals surface area contributed by atoms with Crippen molar-refractivity contribution < 1.29 is 4.79 Å². The molecule has 2 aromatic rings. The Balaban J connectivity index is 2.36. The normalized spacial score (nSPS) is 10.6. The van der Waals surface area contributed by atoms with Gasteiger partial charge in [0, 0.05) is 16.7 Å². The fraction of sp³-hybridized carbons (Fsp3) is 0.188. The van der Waals surface area contributed by atoms with Gasteiger partial charge in [-0.2, -0.15) is 0 Å². The van der Waals surface area contributed by atoms with Crippen molar-refractivity contribution in [3.8, 4) is 0 Å². The standard InChI is InChI=1S/C16H17OS/c1-18(2)12-14-10-6-7-11-15(14)16(17)13-8-4-3-5-9-13/h3-11H,12H2,1-2H3/q+1. The molecule has 0 unspecified atom stereocenters. The number of hydrogen-bond donors (Lipinski definition) is 0. The molecule has 0 aliphatic rings. The minimum absolute atomic E-state index is 0.122. The SMILES string of the molecule is C[S+](C)Cc1ccccc1C(=O)c1ccccc1. The first-order valence-electron chi connectivity index (χ1n) is 5.90. The molecule has 1 nitrogen and oxygen atoms in total. The maximum atomic E-state index is 12.5. The van der Waals surface area contributed by atoms with E-state index in [2.05, 4.69) is 18.6 Å². The summed E-state index contributed by atoms with van der Waals surface area (Å²) in [6.07, 6.45) is 4.40. The summed E-state index contributed by atoms with van der Waals surface area (Å²) in [5, 5.41) is 0. The lowest BCUT2D eigenvalue weighted by molar-refractivity contribution is 0.103. The van der Waals surface area contributed by atoms with Gasteiger partial charge in [-0.15, -0.1) is 0 Å². The van der Waals surface area contributed by atoms with E-state index in [0.717, 1.165) is 22.4 Å². The molecule has 0 saturated heterocycles. The van der Waals surface area contributed by atoms with Gasteiger partial charge in [-0.3, -0.25) is 4.79 Å². The Morgan fingerprint density at radius 3 is 2.22 bits per heavy atom. The zero-order valence-electron chi connectivity index (χ0n) is 10.7.